The SMILES string of the molecule is CC(C)NC(=O)NC(=O)COC(=O)[C@H](C)N1C(=O)[C@H]2CCCC[C@@H]2C1=O. The van der Waals surface area contributed by atoms with Gasteiger partial charge in [0.1, 0.15) is 6.04 Å². The van der Waals surface area contributed by atoms with Crippen LogP contribution in [0.5, 0.6) is 0 Å². The van der Waals surface area contributed by atoms with Crippen molar-refractivity contribution in [1.82, 2.24) is 15.5 Å². The molecule has 26 heavy (non-hydrogen) atoms. The maximum atomic E-state index is 12.4. The molecule has 0 bridgehead atoms. The Balaban J connectivity index is 1.87. The molecule has 1 aliphatic heterocycles. The van der Waals surface area contributed by atoms with Gasteiger partial charge >= 0.3 is 12.0 Å². The van der Waals surface area contributed by atoms with Gasteiger partial charge in [0.25, 0.3) is 5.91 Å². The molecule has 0 spiro atoms. The van der Waals surface area contributed by atoms with Crippen LogP contribution in [0.4, 0.5) is 4.79 Å². The zero-order valence-electron chi connectivity index (χ0n) is 15.2. The minimum atomic E-state index is -1.10. The lowest BCUT2D eigenvalue weighted by molar-refractivity contribution is -0.159. The van der Waals surface area contributed by atoms with Gasteiger partial charge in [-0.15, -0.1) is 0 Å². The van der Waals surface area contributed by atoms with E-state index in [-0.39, 0.29) is 29.7 Å². The van der Waals surface area contributed by atoms with Crippen molar-refractivity contribution in [1.29, 1.82) is 0 Å². The molecular formula is C17H25N3O6. The van der Waals surface area contributed by atoms with E-state index in [0.29, 0.717) is 12.8 Å². The number of urea groups is 1. The van der Waals surface area contributed by atoms with Gasteiger partial charge in [-0.2, -0.15) is 0 Å². The molecule has 1 aliphatic carbocycles. The van der Waals surface area contributed by atoms with Crippen LogP contribution in [-0.2, 0) is 23.9 Å². The Morgan fingerprint density at radius 1 is 1.08 bits per heavy atom. The van der Waals surface area contributed by atoms with E-state index in [9.17, 15) is 24.0 Å². The zero-order valence-corrected chi connectivity index (χ0v) is 15.2. The molecular weight excluding hydrogens is 342 g/mol. The number of imide groups is 2. The molecule has 9 heteroatoms. The van der Waals surface area contributed by atoms with Crippen LogP contribution < -0.4 is 10.6 Å². The van der Waals surface area contributed by atoms with Crippen molar-refractivity contribution in [2.24, 2.45) is 11.8 Å². The second kappa shape index (κ2) is 8.29. The molecule has 1 heterocycles. The molecule has 9 nitrogen and oxygen atoms in total. The predicted octanol–water partition coefficient (Wildman–Crippen LogP) is 0.328. The number of esters is 1. The summed E-state index contributed by atoms with van der Waals surface area (Å²) in [7, 11) is 0. The van der Waals surface area contributed by atoms with Gasteiger partial charge in [-0.05, 0) is 33.6 Å². The Morgan fingerprint density at radius 2 is 1.62 bits per heavy atom. The number of fused-ring (bicyclic) bond motifs is 1. The average Bonchev–Trinajstić information content (AvgIpc) is 2.82. The number of carbonyl (C=O) groups is 5. The number of likely N-dealkylation sites (tertiary alicyclic amines) is 1. The van der Waals surface area contributed by atoms with Crippen LogP contribution in [-0.4, -0.2) is 53.3 Å². The maximum Gasteiger partial charge on any atom is 0.329 e. The predicted molar refractivity (Wildman–Crippen MR) is 89.5 cm³/mol. The quantitative estimate of drug-likeness (QED) is 0.533. The number of ether oxygens (including phenoxy) is 1. The van der Waals surface area contributed by atoms with E-state index in [4.69, 9.17) is 4.74 Å². The van der Waals surface area contributed by atoms with Gasteiger partial charge in [0.2, 0.25) is 11.8 Å². The summed E-state index contributed by atoms with van der Waals surface area (Å²) in [6, 6.07) is -1.94. The van der Waals surface area contributed by atoms with E-state index in [0.717, 1.165) is 17.7 Å². The third kappa shape index (κ3) is 4.39. The molecule has 5 amide bonds. The Bertz CT molecular complexity index is 594. The summed E-state index contributed by atoms with van der Waals surface area (Å²) in [6.07, 6.45) is 3.10. The zero-order chi connectivity index (χ0) is 19.4. The molecule has 2 N–H and O–H groups in total. The Labute approximate surface area is 151 Å². The van der Waals surface area contributed by atoms with Crippen LogP contribution in [0.25, 0.3) is 0 Å². The molecule has 2 fully saturated rings. The largest absolute Gasteiger partial charge is 0.454 e. The summed E-state index contributed by atoms with van der Waals surface area (Å²) in [5.41, 5.74) is 0. The van der Waals surface area contributed by atoms with Crippen molar-refractivity contribution < 1.29 is 28.7 Å². The van der Waals surface area contributed by atoms with E-state index < -0.39 is 30.6 Å². The standard InChI is InChI=1S/C17H25N3O6/c1-9(2)18-17(25)19-13(21)8-26-16(24)10(3)20-14(22)11-6-4-5-7-12(11)15(20)23/h9-12H,4-8H2,1-3H3,(H2,18,19,21,25)/t10-,11-,12-/m0/s1. The van der Waals surface area contributed by atoms with Gasteiger partial charge in [-0.25, -0.2) is 9.59 Å². The number of rotatable bonds is 5. The normalized spacial score (nSPS) is 23.5. The van der Waals surface area contributed by atoms with E-state index in [1.54, 1.807) is 13.8 Å². The van der Waals surface area contributed by atoms with Gasteiger partial charge < -0.3 is 10.1 Å². The number of nitrogens with one attached hydrogen (secondary N) is 2. The van der Waals surface area contributed by atoms with Crippen LogP contribution in [0.15, 0.2) is 0 Å². The number of amides is 5. The minimum absolute atomic E-state index is 0.152. The van der Waals surface area contributed by atoms with Crippen LogP contribution in [0.2, 0.25) is 0 Å². The second-order valence-corrected chi connectivity index (χ2v) is 7.00. The molecule has 0 aromatic carbocycles. The summed E-state index contributed by atoms with van der Waals surface area (Å²) in [5, 5.41) is 4.48. The van der Waals surface area contributed by atoms with Crippen LogP contribution in [0.3, 0.4) is 0 Å². The topological polar surface area (TPSA) is 122 Å². The van der Waals surface area contributed by atoms with Crippen molar-refractivity contribution in [3.63, 3.8) is 0 Å². The maximum absolute atomic E-state index is 12.4. The molecule has 1 saturated heterocycles. The molecule has 2 aliphatic rings. The number of nitrogens with zero attached hydrogens (tertiary/aromatic N) is 1. The summed E-state index contributed by atoms with van der Waals surface area (Å²) in [5.74, 6) is -3.04. The fourth-order valence-corrected chi connectivity index (χ4v) is 3.39. The summed E-state index contributed by atoms with van der Waals surface area (Å²) in [6.45, 7) is 4.19. The Kier molecular flexibility index (Phi) is 6.33. The first-order valence-corrected chi connectivity index (χ1v) is 8.86. The highest BCUT2D eigenvalue weighted by Crippen LogP contribution is 2.38. The molecule has 1 saturated carbocycles. The van der Waals surface area contributed by atoms with Gasteiger partial charge in [0.15, 0.2) is 6.61 Å². The summed E-state index contributed by atoms with van der Waals surface area (Å²) >= 11 is 0. The van der Waals surface area contributed by atoms with Crippen molar-refractivity contribution in [3.05, 3.63) is 0 Å². The molecule has 0 radical (unpaired) electrons. The number of hydrogen-bond acceptors (Lipinski definition) is 6. The van der Waals surface area contributed by atoms with Gasteiger partial charge in [0, 0.05) is 6.04 Å². The van der Waals surface area contributed by atoms with Gasteiger partial charge in [-0.3, -0.25) is 24.6 Å². The van der Waals surface area contributed by atoms with E-state index >= 15 is 0 Å². The monoisotopic (exact) mass is 367 g/mol. The molecule has 144 valence electrons. The molecule has 0 aromatic rings. The van der Waals surface area contributed by atoms with Crippen LogP contribution in [0.1, 0.15) is 46.5 Å². The first-order chi connectivity index (χ1) is 12.2. The highest BCUT2D eigenvalue weighted by atomic mass is 16.5. The van der Waals surface area contributed by atoms with Crippen LogP contribution in [0, 0.1) is 11.8 Å². The van der Waals surface area contributed by atoms with Crippen molar-refractivity contribution in [2.45, 2.75) is 58.5 Å². The molecule has 0 aromatic heterocycles. The van der Waals surface area contributed by atoms with E-state index in [2.05, 4.69) is 5.32 Å². The lowest BCUT2D eigenvalue weighted by atomic mass is 9.81. The first kappa shape index (κ1) is 19.9. The van der Waals surface area contributed by atoms with Gasteiger partial charge in [-0.1, -0.05) is 12.8 Å². The highest BCUT2D eigenvalue weighted by molar-refractivity contribution is 6.08. The van der Waals surface area contributed by atoms with Crippen molar-refractivity contribution in [2.75, 3.05) is 6.61 Å². The molecule has 0 unspecified atom stereocenters. The summed E-state index contributed by atoms with van der Waals surface area (Å²) in [4.78, 5) is 61.0. The first-order valence-electron chi connectivity index (χ1n) is 8.86. The van der Waals surface area contributed by atoms with Crippen LogP contribution >= 0.6 is 0 Å². The van der Waals surface area contributed by atoms with E-state index in [1.165, 1.54) is 6.92 Å². The third-order valence-corrected chi connectivity index (χ3v) is 4.62. The lowest BCUT2D eigenvalue weighted by Gasteiger charge is -2.21. The number of carbonyl (C=O) groups excluding carboxylic acids is 5. The smallest absolute Gasteiger partial charge is 0.329 e. The third-order valence-electron chi connectivity index (χ3n) is 4.62. The van der Waals surface area contributed by atoms with Crippen molar-refractivity contribution in [3.8, 4) is 0 Å². The summed E-state index contributed by atoms with van der Waals surface area (Å²) < 4.78 is 4.86. The fraction of sp³-hybridized carbons (Fsp3) is 0.706. The minimum Gasteiger partial charge on any atom is -0.454 e. The number of hydrogen-bond donors (Lipinski definition) is 2. The highest BCUT2D eigenvalue weighted by Gasteiger charge is 2.51. The fourth-order valence-electron chi connectivity index (χ4n) is 3.39. The van der Waals surface area contributed by atoms with Crippen molar-refractivity contribution >= 4 is 29.7 Å². The average molecular weight is 367 g/mol. The van der Waals surface area contributed by atoms with E-state index in [1.807, 2.05) is 5.32 Å². The van der Waals surface area contributed by atoms with Gasteiger partial charge in [0.05, 0.1) is 11.8 Å². The molecule has 3 atom stereocenters. The Hall–Kier alpha value is -2.45. The lowest BCUT2D eigenvalue weighted by Crippen LogP contribution is -2.46. The Morgan fingerprint density at radius 3 is 2.12 bits per heavy atom. The molecule has 2 rings (SSSR count). The second-order valence-electron chi connectivity index (χ2n) is 7.00.